The van der Waals surface area contributed by atoms with Crippen LogP contribution in [0, 0.1) is 10.1 Å². The lowest BCUT2D eigenvalue weighted by atomic mass is 9.91. The maximum atomic E-state index is 12.8. The summed E-state index contributed by atoms with van der Waals surface area (Å²) >= 11 is 0. The molecule has 1 N–H and O–H groups in total. The molecule has 0 atom stereocenters. The molecular weight excluding hydrogens is 342 g/mol. The molecule has 6 heteroatoms. The van der Waals surface area contributed by atoms with E-state index in [2.05, 4.69) is 10.5 Å². The van der Waals surface area contributed by atoms with E-state index in [0.717, 1.165) is 11.1 Å². The molecule has 3 aromatic carbocycles. The van der Waals surface area contributed by atoms with Gasteiger partial charge in [-0.3, -0.25) is 14.9 Å². The average Bonchev–Trinajstić information content (AvgIpc) is 2.70. The third-order valence-corrected chi connectivity index (χ3v) is 4.02. The molecule has 134 valence electrons. The molecule has 0 saturated heterocycles. The number of nitro benzene ring substituents is 1. The first-order valence-electron chi connectivity index (χ1n) is 8.32. The van der Waals surface area contributed by atoms with Crippen molar-refractivity contribution < 1.29 is 9.72 Å². The highest BCUT2D eigenvalue weighted by Crippen LogP contribution is 2.24. The quantitative estimate of drug-likeness (QED) is 0.412. The van der Waals surface area contributed by atoms with Gasteiger partial charge in [0.25, 0.3) is 11.6 Å². The van der Waals surface area contributed by atoms with Crippen molar-refractivity contribution in [3.63, 3.8) is 0 Å². The van der Waals surface area contributed by atoms with Crippen molar-refractivity contribution in [1.82, 2.24) is 5.43 Å². The zero-order valence-electron chi connectivity index (χ0n) is 14.4. The smallest absolute Gasteiger partial charge is 0.269 e. The highest BCUT2D eigenvalue weighted by molar-refractivity contribution is 5.88. The third-order valence-electron chi connectivity index (χ3n) is 4.02. The number of hydrazone groups is 1. The normalized spacial score (nSPS) is 10.9. The first-order chi connectivity index (χ1) is 13.1. The number of hydrogen-bond acceptors (Lipinski definition) is 4. The summed E-state index contributed by atoms with van der Waals surface area (Å²) in [5.41, 5.74) is 4.95. The zero-order valence-corrected chi connectivity index (χ0v) is 14.4. The van der Waals surface area contributed by atoms with Crippen LogP contribution in [0.25, 0.3) is 0 Å². The maximum absolute atomic E-state index is 12.8. The van der Waals surface area contributed by atoms with Gasteiger partial charge in [-0.25, -0.2) is 5.43 Å². The van der Waals surface area contributed by atoms with E-state index in [1.54, 1.807) is 12.1 Å². The number of nitrogens with zero attached hydrogens (tertiary/aromatic N) is 2. The predicted octanol–water partition coefficient (Wildman–Crippen LogP) is 3.88. The lowest BCUT2D eigenvalue weighted by Crippen LogP contribution is -2.26. The van der Waals surface area contributed by atoms with Crippen molar-refractivity contribution in [2.24, 2.45) is 5.10 Å². The van der Waals surface area contributed by atoms with Gasteiger partial charge in [0.1, 0.15) is 0 Å². The van der Waals surface area contributed by atoms with Crippen LogP contribution in [0.4, 0.5) is 5.69 Å². The summed E-state index contributed by atoms with van der Waals surface area (Å²) in [4.78, 5) is 23.0. The molecule has 0 aliphatic rings. The number of nitrogens with one attached hydrogen (secondary N) is 1. The van der Waals surface area contributed by atoms with Gasteiger partial charge in [0.05, 0.1) is 17.1 Å². The number of benzene rings is 3. The highest BCUT2D eigenvalue weighted by Gasteiger charge is 2.22. The summed E-state index contributed by atoms with van der Waals surface area (Å²) in [7, 11) is 0. The van der Waals surface area contributed by atoms with Gasteiger partial charge in [-0.1, -0.05) is 60.7 Å². The van der Waals surface area contributed by atoms with Crippen molar-refractivity contribution in [2.75, 3.05) is 0 Å². The summed E-state index contributed by atoms with van der Waals surface area (Å²) in [6.07, 6.45) is 1.45. The van der Waals surface area contributed by atoms with Crippen LogP contribution in [0.2, 0.25) is 0 Å². The molecule has 0 aromatic heterocycles. The molecule has 1 amide bonds. The fourth-order valence-electron chi connectivity index (χ4n) is 2.70. The van der Waals surface area contributed by atoms with Crippen LogP contribution in [0.15, 0.2) is 90.0 Å². The minimum absolute atomic E-state index is 0.00408. The number of hydrogen-bond donors (Lipinski definition) is 1. The topological polar surface area (TPSA) is 84.6 Å². The van der Waals surface area contributed by atoms with Crippen LogP contribution < -0.4 is 5.43 Å². The van der Waals surface area contributed by atoms with E-state index in [-0.39, 0.29) is 11.6 Å². The van der Waals surface area contributed by atoms with Gasteiger partial charge >= 0.3 is 0 Å². The summed E-state index contributed by atoms with van der Waals surface area (Å²) in [5, 5.41) is 14.7. The Balaban J connectivity index is 1.76. The number of amides is 1. The van der Waals surface area contributed by atoms with Crippen molar-refractivity contribution >= 4 is 17.8 Å². The van der Waals surface area contributed by atoms with E-state index in [9.17, 15) is 14.9 Å². The Kier molecular flexibility index (Phi) is 5.69. The Labute approximate surface area is 156 Å². The summed E-state index contributed by atoms with van der Waals surface area (Å²) in [6.45, 7) is 0. The number of carbonyl (C=O) groups excluding carboxylic acids is 1. The lowest BCUT2D eigenvalue weighted by molar-refractivity contribution is -0.384. The fourth-order valence-corrected chi connectivity index (χ4v) is 2.70. The summed E-state index contributed by atoms with van der Waals surface area (Å²) in [5.74, 6) is -0.744. The molecule has 27 heavy (non-hydrogen) atoms. The van der Waals surface area contributed by atoms with Gasteiger partial charge in [-0.2, -0.15) is 5.10 Å². The summed E-state index contributed by atoms with van der Waals surface area (Å²) in [6, 6.07) is 24.9. The second-order valence-corrected chi connectivity index (χ2v) is 5.84. The van der Waals surface area contributed by atoms with Crippen LogP contribution >= 0.6 is 0 Å². The van der Waals surface area contributed by atoms with Crippen molar-refractivity contribution in [3.05, 3.63) is 112 Å². The predicted molar refractivity (Wildman–Crippen MR) is 104 cm³/mol. The molecule has 0 heterocycles. The molecule has 0 unspecified atom stereocenters. The molecule has 0 aliphatic carbocycles. The van der Waals surface area contributed by atoms with Gasteiger partial charge in [-0.15, -0.1) is 0 Å². The number of nitro groups is 1. The lowest BCUT2D eigenvalue weighted by Gasteiger charge is -2.16. The van der Waals surface area contributed by atoms with E-state index in [1.807, 2.05) is 60.7 Å². The molecule has 3 aromatic rings. The molecule has 6 nitrogen and oxygen atoms in total. The number of rotatable bonds is 6. The van der Waals surface area contributed by atoms with Crippen molar-refractivity contribution in [3.8, 4) is 0 Å². The van der Waals surface area contributed by atoms with Crippen LogP contribution in [0.1, 0.15) is 22.6 Å². The Morgan fingerprint density at radius 1 is 0.889 bits per heavy atom. The number of carbonyl (C=O) groups is 1. The molecule has 0 spiro atoms. The van der Waals surface area contributed by atoms with Crippen LogP contribution in [0.5, 0.6) is 0 Å². The monoisotopic (exact) mass is 359 g/mol. The first kappa shape index (κ1) is 18.0. The van der Waals surface area contributed by atoms with E-state index in [1.165, 1.54) is 18.3 Å². The van der Waals surface area contributed by atoms with Crippen LogP contribution in [0.3, 0.4) is 0 Å². The van der Waals surface area contributed by atoms with E-state index < -0.39 is 10.8 Å². The number of non-ortho nitro benzene ring substituents is 1. The van der Waals surface area contributed by atoms with E-state index in [0.29, 0.717) is 5.56 Å². The van der Waals surface area contributed by atoms with Crippen LogP contribution in [-0.4, -0.2) is 17.0 Å². The molecule has 3 rings (SSSR count). The van der Waals surface area contributed by atoms with E-state index >= 15 is 0 Å². The largest absolute Gasteiger partial charge is 0.272 e. The van der Waals surface area contributed by atoms with Gasteiger partial charge in [0.15, 0.2) is 0 Å². The Morgan fingerprint density at radius 3 is 1.89 bits per heavy atom. The van der Waals surface area contributed by atoms with Gasteiger partial charge in [-0.05, 0) is 28.8 Å². The first-order valence-corrected chi connectivity index (χ1v) is 8.32. The summed E-state index contributed by atoms with van der Waals surface area (Å²) < 4.78 is 0. The standard InChI is InChI=1S/C21H17N3O3/c25-21(23-22-15-16-11-13-19(14-12-16)24(26)27)20(17-7-3-1-4-8-17)18-9-5-2-6-10-18/h1-15,20H,(H,23,25)/b22-15-. The second-order valence-electron chi connectivity index (χ2n) is 5.84. The Bertz CT molecular complexity index is 900. The third kappa shape index (κ3) is 4.64. The molecular formula is C21H17N3O3. The molecule has 0 bridgehead atoms. The van der Waals surface area contributed by atoms with Gasteiger partial charge < -0.3 is 0 Å². The Hall–Kier alpha value is -3.80. The SMILES string of the molecule is O=C(N/N=C\c1ccc([N+](=O)[O-])cc1)C(c1ccccc1)c1ccccc1. The minimum atomic E-state index is -0.485. The molecule has 0 saturated carbocycles. The maximum Gasteiger partial charge on any atom is 0.269 e. The Morgan fingerprint density at radius 2 is 1.41 bits per heavy atom. The molecule has 0 radical (unpaired) electrons. The molecule has 0 fully saturated rings. The highest BCUT2D eigenvalue weighted by atomic mass is 16.6. The van der Waals surface area contributed by atoms with Gasteiger partial charge in [0, 0.05) is 12.1 Å². The zero-order chi connectivity index (χ0) is 19.1. The molecule has 0 aliphatic heterocycles. The van der Waals surface area contributed by atoms with Gasteiger partial charge in [0.2, 0.25) is 0 Å². The van der Waals surface area contributed by atoms with Crippen LogP contribution in [-0.2, 0) is 4.79 Å². The average molecular weight is 359 g/mol. The van der Waals surface area contributed by atoms with Crippen molar-refractivity contribution in [1.29, 1.82) is 0 Å². The minimum Gasteiger partial charge on any atom is -0.272 e. The fraction of sp³-hybridized carbons (Fsp3) is 0.0476. The van der Waals surface area contributed by atoms with E-state index in [4.69, 9.17) is 0 Å². The van der Waals surface area contributed by atoms with Crippen molar-refractivity contribution in [2.45, 2.75) is 5.92 Å². The second kappa shape index (κ2) is 8.53.